The number of aromatic amines is 1. The Morgan fingerprint density at radius 1 is 1.06 bits per heavy atom. The van der Waals surface area contributed by atoms with E-state index < -0.39 is 11.5 Å². The van der Waals surface area contributed by atoms with Crippen LogP contribution in [0.4, 0.5) is 17.5 Å². The van der Waals surface area contributed by atoms with Gasteiger partial charge in [-0.1, -0.05) is 0 Å². The number of anilines is 3. The van der Waals surface area contributed by atoms with E-state index in [-0.39, 0.29) is 35.4 Å². The summed E-state index contributed by atoms with van der Waals surface area (Å²) >= 11 is 0. The van der Waals surface area contributed by atoms with E-state index in [2.05, 4.69) is 20.6 Å². The third-order valence-corrected chi connectivity index (χ3v) is 5.47. The van der Waals surface area contributed by atoms with Crippen molar-refractivity contribution in [1.29, 1.82) is 0 Å². The number of carbonyl (C=O) groups is 2. The second-order valence-corrected chi connectivity index (χ2v) is 7.93. The van der Waals surface area contributed by atoms with Crippen molar-refractivity contribution in [3.63, 3.8) is 0 Å². The first-order valence-corrected chi connectivity index (χ1v) is 10.2. The van der Waals surface area contributed by atoms with E-state index >= 15 is 0 Å². The van der Waals surface area contributed by atoms with E-state index in [9.17, 15) is 14.4 Å². The van der Waals surface area contributed by atoms with Crippen molar-refractivity contribution in [3.05, 3.63) is 70.5 Å². The molecule has 164 valence electrons. The number of rotatable bonds is 3. The predicted octanol–water partition coefficient (Wildman–Crippen LogP) is 0.520. The van der Waals surface area contributed by atoms with E-state index in [1.165, 1.54) is 4.90 Å². The quantitative estimate of drug-likeness (QED) is 0.519. The van der Waals surface area contributed by atoms with Crippen molar-refractivity contribution < 1.29 is 18.7 Å². The number of aromatic nitrogens is 4. The normalized spacial score (nSPS) is 17.3. The average molecular weight is 435 g/mol. The molecular formula is C22H25N7O3+2. The Kier molecular flexibility index (Phi) is 5.43. The van der Waals surface area contributed by atoms with Gasteiger partial charge in [-0.2, -0.15) is 4.98 Å². The molecule has 3 N–H and O–H groups in total. The molecular weight excluding hydrogens is 410 g/mol. The van der Waals surface area contributed by atoms with Crippen molar-refractivity contribution in [2.45, 2.75) is 25.9 Å². The molecule has 3 aromatic rings. The average Bonchev–Trinajstić information content (AvgIpc) is 2.74. The Bertz CT molecular complexity index is 1270. The van der Waals surface area contributed by atoms with Gasteiger partial charge in [0.05, 0.1) is 6.04 Å². The molecule has 2 amide bonds. The number of nitrogens with zero attached hydrogens (tertiary/aromatic N) is 4. The van der Waals surface area contributed by atoms with E-state index in [4.69, 9.17) is 0 Å². The van der Waals surface area contributed by atoms with Gasteiger partial charge in [0.25, 0.3) is 17.4 Å². The second-order valence-electron chi connectivity index (χ2n) is 7.93. The van der Waals surface area contributed by atoms with Gasteiger partial charge in [0, 0.05) is 18.2 Å². The molecule has 10 nitrogen and oxygen atoms in total. The van der Waals surface area contributed by atoms with Crippen LogP contribution in [0, 0.1) is 0 Å². The van der Waals surface area contributed by atoms with E-state index in [0.29, 0.717) is 11.1 Å². The summed E-state index contributed by atoms with van der Waals surface area (Å²) in [6, 6.07) is 6.42. The zero-order valence-corrected chi connectivity index (χ0v) is 18.3. The standard InChI is InChI=1S/C22H23N7O3/c1-13-14(2)29(21(32)16-8-6-10-28(4)12-16)17-18(23-13)24-22(26-20(17)31)25-19(30)15-7-5-9-27(3)11-15/h5-14H,1-4H3,(H-2,23,24,25,26,30,31)/p+2/t13-,14-/m0/s1. The highest BCUT2D eigenvalue weighted by Crippen LogP contribution is 2.31. The molecule has 0 aliphatic carbocycles. The number of pyridine rings is 2. The fourth-order valence-electron chi connectivity index (χ4n) is 3.66. The van der Waals surface area contributed by atoms with E-state index in [0.717, 1.165) is 0 Å². The van der Waals surface area contributed by atoms with Crippen LogP contribution in [-0.4, -0.2) is 33.9 Å². The minimum Gasteiger partial charge on any atom is -0.364 e. The lowest BCUT2D eigenvalue weighted by atomic mass is 10.0. The topological polar surface area (TPSA) is 115 Å². The molecule has 1 aliphatic rings. The number of hydrogen-bond donors (Lipinski definition) is 3. The molecule has 4 heterocycles. The lowest BCUT2D eigenvalue weighted by Crippen LogP contribution is -2.53. The van der Waals surface area contributed by atoms with E-state index in [1.54, 1.807) is 59.0 Å². The van der Waals surface area contributed by atoms with Crippen molar-refractivity contribution >= 4 is 29.3 Å². The molecule has 4 rings (SSSR count). The molecule has 10 heteroatoms. The molecule has 0 spiro atoms. The number of fused-ring (bicyclic) bond motifs is 1. The van der Waals surface area contributed by atoms with Crippen LogP contribution in [0.25, 0.3) is 0 Å². The Morgan fingerprint density at radius 2 is 1.69 bits per heavy atom. The molecule has 0 saturated carbocycles. The maximum Gasteiger partial charge on any atom is 0.278 e. The smallest absolute Gasteiger partial charge is 0.278 e. The van der Waals surface area contributed by atoms with Crippen LogP contribution in [0.1, 0.15) is 34.6 Å². The van der Waals surface area contributed by atoms with Crippen molar-refractivity contribution in [2.24, 2.45) is 14.1 Å². The first-order chi connectivity index (χ1) is 15.2. The Hall–Kier alpha value is -4.08. The van der Waals surface area contributed by atoms with Crippen LogP contribution in [-0.2, 0) is 14.1 Å². The molecule has 1 aliphatic heterocycles. The van der Waals surface area contributed by atoms with Crippen LogP contribution in [0.3, 0.4) is 0 Å². The molecule has 0 saturated heterocycles. The van der Waals surface area contributed by atoms with Gasteiger partial charge >= 0.3 is 0 Å². The summed E-state index contributed by atoms with van der Waals surface area (Å²) in [6.07, 6.45) is 7.00. The highest BCUT2D eigenvalue weighted by atomic mass is 16.2. The first-order valence-electron chi connectivity index (χ1n) is 10.2. The van der Waals surface area contributed by atoms with E-state index in [1.807, 2.05) is 27.1 Å². The number of nitrogens with one attached hydrogen (secondary N) is 3. The molecule has 0 unspecified atom stereocenters. The number of H-pyrrole nitrogens is 1. The molecule has 32 heavy (non-hydrogen) atoms. The van der Waals surface area contributed by atoms with Gasteiger partial charge in [0.1, 0.15) is 25.2 Å². The lowest BCUT2D eigenvalue weighted by Gasteiger charge is -2.38. The summed E-state index contributed by atoms with van der Waals surface area (Å²) < 4.78 is 3.52. The van der Waals surface area contributed by atoms with Gasteiger partial charge in [-0.05, 0) is 26.0 Å². The summed E-state index contributed by atoms with van der Waals surface area (Å²) in [6.45, 7) is 3.77. The largest absolute Gasteiger partial charge is 0.364 e. The number of amides is 2. The number of aryl methyl sites for hydroxylation is 2. The fraction of sp³-hybridized carbons (Fsp3) is 0.273. The van der Waals surface area contributed by atoms with Crippen LogP contribution >= 0.6 is 0 Å². The molecule has 0 fully saturated rings. The summed E-state index contributed by atoms with van der Waals surface area (Å²) in [5, 5.41) is 5.79. The monoisotopic (exact) mass is 435 g/mol. The van der Waals surface area contributed by atoms with Gasteiger partial charge < -0.3 is 5.32 Å². The zero-order chi connectivity index (χ0) is 23.0. The van der Waals surface area contributed by atoms with Gasteiger partial charge in [0.2, 0.25) is 5.95 Å². The Morgan fingerprint density at radius 3 is 2.34 bits per heavy atom. The van der Waals surface area contributed by atoms with Gasteiger partial charge in [-0.3, -0.25) is 29.6 Å². The minimum atomic E-state index is -0.524. The lowest BCUT2D eigenvalue weighted by molar-refractivity contribution is -0.671. The minimum absolute atomic E-state index is 0.00183. The maximum atomic E-state index is 13.3. The van der Waals surface area contributed by atoms with Crippen molar-refractivity contribution in [2.75, 3.05) is 15.5 Å². The highest BCUT2D eigenvalue weighted by Gasteiger charge is 2.37. The number of carbonyl (C=O) groups excluding carboxylic acids is 2. The third kappa shape index (κ3) is 3.94. The number of hydrogen-bond acceptors (Lipinski definition) is 5. The van der Waals surface area contributed by atoms with Crippen molar-refractivity contribution in [1.82, 2.24) is 9.97 Å². The second kappa shape index (κ2) is 8.22. The first kappa shape index (κ1) is 21.2. The molecule has 0 radical (unpaired) electrons. The zero-order valence-electron chi connectivity index (χ0n) is 18.3. The van der Waals surface area contributed by atoms with Crippen LogP contribution in [0.2, 0.25) is 0 Å². The predicted molar refractivity (Wildman–Crippen MR) is 117 cm³/mol. The summed E-state index contributed by atoms with van der Waals surface area (Å²) in [4.78, 5) is 47.4. The molecule has 2 atom stereocenters. The van der Waals surface area contributed by atoms with Gasteiger partial charge in [-0.25, -0.2) is 9.13 Å². The third-order valence-electron chi connectivity index (χ3n) is 5.47. The van der Waals surface area contributed by atoms with Gasteiger partial charge in [0.15, 0.2) is 36.3 Å². The maximum absolute atomic E-state index is 13.3. The van der Waals surface area contributed by atoms with Crippen molar-refractivity contribution in [3.8, 4) is 0 Å². The van der Waals surface area contributed by atoms with Gasteiger partial charge in [-0.15, -0.1) is 0 Å². The summed E-state index contributed by atoms with van der Waals surface area (Å²) in [5.74, 6) is -0.477. The summed E-state index contributed by atoms with van der Waals surface area (Å²) in [7, 11) is 3.63. The fourth-order valence-corrected chi connectivity index (χ4v) is 3.66. The SMILES string of the molecule is C[C@@H]1Nc2nc(NC(=O)c3ccc[n+](C)c3)[nH]c(=O)c2N(C(=O)c2ccc[n+](C)c2)[C@H]1C. The van der Waals surface area contributed by atoms with Crippen LogP contribution in [0.15, 0.2) is 53.8 Å². The Balaban J connectivity index is 1.71. The summed E-state index contributed by atoms with van der Waals surface area (Å²) in [5.41, 5.74) is 0.467. The molecule has 0 aromatic carbocycles. The Labute approximate surface area is 184 Å². The highest BCUT2D eigenvalue weighted by molar-refractivity contribution is 6.08. The van der Waals surface area contributed by atoms with Crippen LogP contribution < -0.4 is 30.2 Å². The van der Waals surface area contributed by atoms with Crippen LogP contribution in [0.5, 0.6) is 0 Å². The molecule has 3 aromatic heterocycles. The molecule has 0 bridgehead atoms.